The first-order valence-corrected chi connectivity index (χ1v) is 6.93. The molecule has 0 amide bonds. The van der Waals surface area contributed by atoms with E-state index in [2.05, 4.69) is 16.0 Å². The van der Waals surface area contributed by atoms with Crippen LogP contribution in [0.4, 0.5) is 0 Å². The van der Waals surface area contributed by atoms with Crippen molar-refractivity contribution in [1.82, 2.24) is 9.97 Å². The van der Waals surface area contributed by atoms with E-state index < -0.39 is 0 Å². The maximum Gasteiger partial charge on any atom is 0.251 e. The Bertz CT molecular complexity index is 824. The van der Waals surface area contributed by atoms with Gasteiger partial charge in [0.2, 0.25) is 0 Å². The summed E-state index contributed by atoms with van der Waals surface area (Å²) in [6.07, 6.45) is 0. The molecule has 0 radical (unpaired) electrons. The number of rotatable bonds is 4. The lowest BCUT2D eigenvalue weighted by Crippen LogP contribution is -2.12. The highest BCUT2D eigenvalue weighted by Crippen LogP contribution is 2.22. The summed E-state index contributed by atoms with van der Waals surface area (Å²) in [5.41, 5.74) is 1.43. The topological polar surface area (TPSA) is 55.0 Å². The lowest BCUT2D eigenvalue weighted by molar-refractivity contribution is 0.128. The molecule has 4 heteroatoms. The third-order valence-electron chi connectivity index (χ3n) is 3.28. The van der Waals surface area contributed by atoms with Gasteiger partial charge in [-0.1, -0.05) is 36.4 Å². The number of aromatic nitrogens is 2. The number of hydrogen-bond donors (Lipinski definition) is 1. The van der Waals surface area contributed by atoms with Gasteiger partial charge in [-0.05, 0) is 23.8 Å². The average molecular weight is 280 g/mol. The number of ether oxygens (including phenoxy) is 1. The molecule has 0 saturated carbocycles. The van der Waals surface area contributed by atoms with E-state index in [9.17, 15) is 4.79 Å². The molecule has 0 fully saturated rings. The summed E-state index contributed by atoms with van der Waals surface area (Å²) in [6.45, 7) is 2.81. The Balaban J connectivity index is 2.04. The summed E-state index contributed by atoms with van der Waals surface area (Å²) in [6, 6.07) is 15.7. The van der Waals surface area contributed by atoms with E-state index in [1.54, 1.807) is 0 Å². The van der Waals surface area contributed by atoms with Crippen molar-refractivity contribution < 1.29 is 4.74 Å². The quantitative estimate of drug-likeness (QED) is 0.798. The molecule has 3 rings (SSSR count). The van der Waals surface area contributed by atoms with Gasteiger partial charge in [0.25, 0.3) is 5.56 Å². The molecule has 0 atom stereocenters. The van der Waals surface area contributed by atoms with E-state index in [4.69, 9.17) is 4.74 Å². The van der Waals surface area contributed by atoms with E-state index >= 15 is 0 Å². The second-order valence-corrected chi connectivity index (χ2v) is 4.78. The molecule has 0 bridgehead atoms. The maximum absolute atomic E-state index is 11.8. The monoisotopic (exact) mass is 280 g/mol. The molecule has 4 nitrogen and oxygen atoms in total. The third kappa shape index (κ3) is 3.01. The smallest absolute Gasteiger partial charge is 0.251 e. The Hall–Kier alpha value is -2.46. The van der Waals surface area contributed by atoms with E-state index in [-0.39, 0.29) is 5.56 Å². The normalized spacial score (nSPS) is 10.9. The van der Waals surface area contributed by atoms with Crippen molar-refractivity contribution >= 4 is 10.8 Å². The van der Waals surface area contributed by atoms with Crippen LogP contribution in [0.5, 0.6) is 0 Å². The first-order chi connectivity index (χ1) is 10.3. The molecule has 0 aliphatic carbocycles. The number of aromatic amines is 1. The Labute approximate surface area is 122 Å². The van der Waals surface area contributed by atoms with Crippen molar-refractivity contribution in [2.45, 2.75) is 13.5 Å². The summed E-state index contributed by atoms with van der Waals surface area (Å²) < 4.78 is 5.30. The number of benzene rings is 2. The van der Waals surface area contributed by atoms with Crippen LogP contribution < -0.4 is 5.56 Å². The number of hydrogen-bond acceptors (Lipinski definition) is 3. The van der Waals surface area contributed by atoms with E-state index in [1.807, 2.05) is 43.3 Å². The van der Waals surface area contributed by atoms with Gasteiger partial charge in [0.05, 0.1) is 5.69 Å². The molecule has 0 aliphatic heterocycles. The summed E-state index contributed by atoms with van der Waals surface area (Å²) in [4.78, 5) is 18.9. The van der Waals surface area contributed by atoms with Gasteiger partial charge in [-0.2, -0.15) is 0 Å². The minimum absolute atomic E-state index is 0.164. The zero-order valence-corrected chi connectivity index (χ0v) is 11.8. The fourth-order valence-corrected chi connectivity index (χ4v) is 2.27. The number of H-pyrrole nitrogens is 1. The van der Waals surface area contributed by atoms with Crippen molar-refractivity contribution in [3.8, 4) is 11.3 Å². The van der Waals surface area contributed by atoms with E-state index in [1.165, 1.54) is 11.5 Å². The molecule has 0 aliphatic rings. The van der Waals surface area contributed by atoms with Crippen LogP contribution >= 0.6 is 0 Å². The van der Waals surface area contributed by atoms with Gasteiger partial charge in [-0.25, -0.2) is 4.98 Å². The van der Waals surface area contributed by atoms with E-state index in [0.717, 1.165) is 10.9 Å². The molecule has 106 valence electrons. The van der Waals surface area contributed by atoms with Gasteiger partial charge in [0.1, 0.15) is 12.4 Å². The standard InChI is InChI=1S/C17H16N2O2/c1-2-21-11-16-18-15(10-17(20)19-16)14-8-7-12-5-3-4-6-13(12)9-14/h3-10H,2,11H2,1H3,(H,18,19,20). The molecule has 0 saturated heterocycles. The Morgan fingerprint density at radius 3 is 2.71 bits per heavy atom. The van der Waals surface area contributed by atoms with Gasteiger partial charge in [-0.15, -0.1) is 0 Å². The van der Waals surface area contributed by atoms with Gasteiger partial charge in [0.15, 0.2) is 0 Å². The van der Waals surface area contributed by atoms with E-state index in [0.29, 0.717) is 24.7 Å². The molecule has 1 aromatic heterocycles. The molecule has 0 unspecified atom stereocenters. The fourth-order valence-electron chi connectivity index (χ4n) is 2.27. The Kier molecular flexibility index (Phi) is 3.79. The molecule has 2 aromatic carbocycles. The minimum Gasteiger partial charge on any atom is -0.374 e. The molecule has 0 spiro atoms. The zero-order chi connectivity index (χ0) is 14.7. The van der Waals surface area contributed by atoms with Crippen molar-refractivity contribution in [3.63, 3.8) is 0 Å². The third-order valence-corrected chi connectivity index (χ3v) is 3.28. The second kappa shape index (κ2) is 5.89. The summed E-state index contributed by atoms with van der Waals surface area (Å²) >= 11 is 0. The first-order valence-electron chi connectivity index (χ1n) is 6.93. The van der Waals surface area contributed by atoms with Gasteiger partial charge in [0, 0.05) is 18.2 Å². The van der Waals surface area contributed by atoms with Gasteiger partial charge < -0.3 is 9.72 Å². The van der Waals surface area contributed by atoms with Crippen molar-refractivity contribution in [2.24, 2.45) is 0 Å². The van der Waals surface area contributed by atoms with Crippen LogP contribution in [0.25, 0.3) is 22.0 Å². The lowest BCUT2D eigenvalue weighted by atomic mass is 10.1. The molecular weight excluding hydrogens is 264 g/mol. The summed E-state index contributed by atoms with van der Waals surface area (Å²) in [5, 5.41) is 2.30. The highest BCUT2D eigenvalue weighted by atomic mass is 16.5. The Morgan fingerprint density at radius 1 is 1.10 bits per heavy atom. The molecule has 1 heterocycles. The van der Waals surface area contributed by atoms with Crippen LogP contribution in [0.3, 0.4) is 0 Å². The van der Waals surface area contributed by atoms with Crippen molar-refractivity contribution in [1.29, 1.82) is 0 Å². The van der Waals surface area contributed by atoms with Crippen LogP contribution in [0.1, 0.15) is 12.7 Å². The highest BCUT2D eigenvalue weighted by molar-refractivity contribution is 5.86. The SMILES string of the molecule is CCOCc1nc(-c2ccc3ccccc3c2)cc(=O)[nH]1. The van der Waals surface area contributed by atoms with Crippen molar-refractivity contribution in [2.75, 3.05) is 6.61 Å². The summed E-state index contributed by atoms with van der Waals surface area (Å²) in [5.74, 6) is 0.549. The molecule has 3 aromatic rings. The molecular formula is C17H16N2O2. The number of nitrogens with zero attached hydrogens (tertiary/aromatic N) is 1. The van der Waals surface area contributed by atoms with Crippen LogP contribution in [0.2, 0.25) is 0 Å². The van der Waals surface area contributed by atoms with Crippen LogP contribution in [0, 0.1) is 0 Å². The number of fused-ring (bicyclic) bond motifs is 1. The van der Waals surface area contributed by atoms with Crippen LogP contribution in [-0.2, 0) is 11.3 Å². The largest absolute Gasteiger partial charge is 0.374 e. The summed E-state index contributed by atoms with van der Waals surface area (Å²) in [7, 11) is 0. The average Bonchev–Trinajstić information content (AvgIpc) is 2.52. The van der Waals surface area contributed by atoms with Crippen molar-refractivity contribution in [3.05, 3.63) is 64.7 Å². The maximum atomic E-state index is 11.8. The van der Waals surface area contributed by atoms with Crippen LogP contribution in [-0.4, -0.2) is 16.6 Å². The molecule has 21 heavy (non-hydrogen) atoms. The predicted octanol–water partition coefficient (Wildman–Crippen LogP) is 3.13. The van der Waals surface area contributed by atoms with Gasteiger partial charge >= 0.3 is 0 Å². The first kappa shape index (κ1) is 13.5. The fraction of sp³-hybridized carbons (Fsp3) is 0.176. The zero-order valence-electron chi connectivity index (χ0n) is 11.8. The van der Waals surface area contributed by atoms with Gasteiger partial charge in [-0.3, -0.25) is 4.79 Å². The highest BCUT2D eigenvalue weighted by Gasteiger charge is 2.05. The lowest BCUT2D eigenvalue weighted by Gasteiger charge is -2.06. The second-order valence-electron chi connectivity index (χ2n) is 4.78. The minimum atomic E-state index is -0.164. The predicted molar refractivity (Wildman–Crippen MR) is 83.1 cm³/mol. The Morgan fingerprint density at radius 2 is 1.90 bits per heavy atom. The number of nitrogens with one attached hydrogen (secondary N) is 1. The molecule has 1 N–H and O–H groups in total. The van der Waals surface area contributed by atoms with Crippen LogP contribution in [0.15, 0.2) is 53.3 Å².